The fraction of sp³-hybridized carbons (Fsp3) is 0.435. The molecule has 1 aromatic carbocycles. The normalized spacial score (nSPS) is 19.7. The highest BCUT2D eigenvalue weighted by Gasteiger charge is 2.34. The third-order valence-electron chi connectivity index (χ3n) is 6.36. The first-order chi connectivity index (χ1) is 15.4. The Bertz CT molecular complexity index is 1340. The van der Waals surface area contributed by atoms with Crippen molar-refractivity contribution in [2.45, 2.75) is 44.9 Å². The average Bonchev–Trinajstić information content (AvgIpc) is 3.18. The number of aromatic nitrogens is 3. The SMILES string of the molecule is Cc1c([C@@H](C)Nc2nn(C)c(=O)c3cc(=O)n([C@]4(C)CCOC4)cc23)cccc1C(F)(F)F. The summed E-state index contributed by atoms with van der Waals surface area (Å²) < 4.78 is 48.3. The number of aryl methyl sites for hydroxylation is 1. The highest BCUT2D eigenvalue weighted by atomic mass is 19.4. The Labute approximate surface area is 187 Å². The third kappa shape index (κ3) is 4.03. The number of ether oxygens (including phenoxy) is 1. The van der Waals surface area contributed by atoms with Gasteiger partial charge in [0.25, 0.3) is 11.1 Å². The molecule has 7 nitrogen and oxygen atoms in total. The zero-order valence-corrected chi connectivity index (χ0v) is 18.8. The molecule has 1 aliphatic heterocycles. The van der Waals surface area contributed by atoms with Gasteiger partial charge in [0.05, 0.1) is 29.1 Å². The zero-order valence-electron chi connectivity index (χ0n) is 18.8. The van der Waals surface area contributed by atoms with Crippen LogP contribution in [-0.4, -0.2) is 27.6 Å². The Balaban J connectivity index is 1.84. The second kappa shape index (κ2) is 8.02. The van der Waals surface area contributed by atoms with Crippen LogP contribution in [0.2, 0.25) is 0 Å². The van der Waals surface area contributed by atoms with Gasteiger partial charge in [-0.25, -0.2) is 4.68 Å². The van der Waals surface area contributed by atoms with Crippen molar-refractivity contribution in [1.29, 1.82) is 0 Å². The van der Waals surface area contributed by atoms with Crippen molar-refractivity contribution in [3.05, 3.63) is 67.9 Å². The van der Waals surface area contributed by atoms with Gasteiger partial charge in [-0.05, 0) is 44.4 Å². The van der Waals surface area contributed by atoms with Crippen molar-refractivity contribution in [3.63, 3.8) is 0 Å². The van der Waals surface area contributed by atoms with E-state index in [4.69, 9.17) is 4.74 Å². The number of halogens is 3. The molecule has 1 fully saturated rings. The molecule has 4 rings (SSSR count). The summed E-state index contributed by atoms with van der Waals surface area (Å²) in [5.41, 5.74) is -1.45. The lowest BCUT2D eigenvalue weighted by Gasteiger charge is -2.26. The molecular weight excluding hydrogens is 437 g/mol. The first-order valence-corrected chi connectivity index (χ1v) is 10.6. The molecule has 0 aliphatic carbocycles. The summed E-state index contributed by atoms with van der Waals surface area (Å²) in [6.45, 7) is 5.94. The number of rotatable bonds is 4. The molecule has 3 aromatic rings. The summed E-state index contributed by atoms with van der Waals surface area (Å²) in [6.07, 6.45) is -2.23. The monoisotopic (exact) mass is 462 g/mol. The van der Waals surface area contributed by atoms with E-state index in [1.807, 2.05) is 6.92 Å². The molecule has 0 bridgehead atoms. The maximum Gasteiger partial charge on any atom is 0.416 e. The summed E-state index contributed by atoms with van der Waals surface area (Å²) in [4.78, 5) is 25.5. The molecule has 176 valence electrons. The standard InChI is InChI=1S/C23H25F3N4O3/c1-13-15(6-5-7-18(13)23(24,25)26)14(2)27-20-17-11-30(22(3)8-9-33-12-22)19(31)10-16(17)21(32)29(4)28-20/h5-7,10-11,14H,8-9,12H2,1-4H3,(H,27,28)/t14-,22-/m1/s1. The van der Waals surface area contributed by atoms with Crippen LogP contribution in [-0.2, 0) is 23.5 Å². The van der Waals surface area contributed by atoms with Crippen LogP contribution in [0.5, 0.6) is 0 Å². The second-order valence-electron chi connectivity index (χ2n) is 8.77. The molecule has 0 saturated carbocycles. The summed E-state index contributed by atoms with van der Waals surface area (Å²) >= 11 is 0. The number of hydrogen-bond acceptors (Lipinski definition) is 5. The largest absolute Gasteiger partial charge is 0.416 e. The maximum absolute atomic E-state index is 13.4. The zero-order chi connectivity index (χ0) is 24.1. The van der Waals surface area contributed by atoms with Gasteiger partial charge in [-0.15, -0.1) is 0 Å². The Hall–Kier alpha value is -3.14. The number of benzene rings is 1. The van der Waals surface area contributed by atoms with Crippen molar-refractivity contribution < 1.29 is 17.9 Å². The van der Waals surface area contributed by atoms with E-state index in [-0.39, 0.29) is 16.5 Å². The molecule has 0 radical (unpaired) electrons. The molecule has 0 spiro atoms. The van der Waals surface area contributed by atoms with E-state index in [2.05, 4.69) is 10.4 Å². The average molecular weight is 462 g/mol. The number of fused-ring (bicyclic) bond motifs is 1. The lowest BCUT2D eigenvalue weighted by atomic mass is 9.97. The van der Waals surface area contributed by atoms with Gasteiger partial charge in [0.1, 0.15) is 0 Å². The summed E-state index contributed by atoms with van der Waals surface area (Å²) in [7, 11) is 1.46. The van der Waals surface area contributed by atoms with E-state index in [1.54, 1.807) is 23.8 Å². The fourth-order valence-corrected chi connectivity index (χ4v) is 4.41. The van der Waals surface area contributed by atoms with Gasteiger partial charge in [0.15, 0.2) is 5.82 Å². The van der Waals surface area contributed by atoms with Crippen molar-refractivity contribution in [2.24, 2.45) is 7.05 Å². The van der Waals surface area contributed by atoms with Crippen LogP contribution in [0.1, 0.15) is 43.0 Å². The molecule has 1 N–H and O–H groups in total. The van der Waals surface area contributed by atoms with Crippen LogP contribution in [0.15, 0.2) is 40.1 Å². The lowest BCUT2D eigenvalue weighted by Crippen LogP contribution is -2.39. The van der Waals surface area contributed by atoms with Crippen molar-refractivity contribution >= 4 is 16.6 Å². The van der Waals surface area contributed by atoms with Gasteiger partial charge >= 0.3 is 6.18 Å². The Morgan fingerprint density at radius 3 is 2.61 bits per heavy atom. The van der Waals surface area contributed by atoms with Crippen LogP contribution in [0.3, 0.4) is 0 Å². The Kier molecular flexibility index (Phi) is 5.60. The van der Waals surface area contributed by atoms with Crippen LogP contribution in [0, 0.1) is 6.92 Å². The molecular formula is C23H25F3N4O3. The van der Waals surface area contributed by atoms with Crippen LogP contribution in [0.25, 0.3) is 10.8 Å². The smallest absolute Gasteiger partial charge is 0.379 e. The van der Waals surface area contributed by atoms with Gasteiger partial charge in [0, 0.05) is 31.3 Å². The summed E-state index contributed by atoms with van der Waals surface area (Å²) in [5.74, 6) is 0.299. The van der Waals surface area contributed by atoms with Crippen LogP contribution >= 0.6 is 0 Å². The van der Waals surface area contributed by atoms with Crippen molar-refractivity contribution in [2.75, 3.05) is 18.5 Å². The molecule has 1 aliphatic rings. The Morgan fingerprint density at radius 1 is 1.24 bits per heavy atom. The van der Waals surface area contributed by atoms with E-state index in [0.717, 1.165) is 10.7 Å². The van der Waals surface area contributed by atoms with E-state index >= 15 is 0 Å². The van der Waals surface area contributed by atoms with Gasteiger partial charge < -0.3 is 14.6 Å². The predicted octanol–water partition coefficient (Wildman–Crippen LogP) is 3.73. The van der Waals surface area contributed by atoms with Gasteiger partial charge in [-0.2, -0.15) is 18.3 Å². The van der Waals surface area contributed by atoms with E-state index in [9.17, 15) is 22.8 Å². The lowest BCUT2D eigenvalue weighted by molar-refractivity contribution is -0.138. The fourth-order valence-electron chi connectivity index (χ4n) is 4.41. The predicted molar refractivity (Wildman–Crippen MR) is 119 cm³/mol. The molecule has 2 aromatic heterocycles. The molecule has 0 unspecified atom stereocenters. The molecule has 10 heteroatoms. The van der Waals surface area contributed by atoms with Gasteiger partial charge in [-0.3, -0.25) is 9.59 Å². The number of anilines is 1. The van der Waals surface area contributed by atoms with Crippen molar-refractivity contribution in [3.8, 4) is 0 Å². The number of nitrogens with one attached hydrogen (secondary N) is 1. The van der Waals surface area contributed by atoms with E-state index < -0.39 is 28.9 Å². The number of hydrogen-bond donors (Lipinski definition) is 1. The van der Waals surface area contributed by atoms with Gasteiger partial charge in [0.2, 0.25) is 0 Å². The topological polar surface area (TPSA) is 78.2 Å². The summed E-state index contributed by atoms with van der Waals surface area (Å²) in [5, 5.41) is 8.07. The first-order valence-electron chi connectivity index (χ1n) is 10.6. The molecule has 33 heavy (non-hydrogen) atoms. The second-order valence-corrected chi connectivity index (χ2v) is 8.77. The number of nitrogens with zero attached hydrogens (tertiary/aromatic N) is 3. The highest BCUT2D eigenvalue weighted by molar-refractivity contribution is 5.90. The number of alkyl halides is 3. The minimum atomic E-state index is -4.46. The quantitative estimate of drug-likeness (QED) is 0.639. The minimum absolute atomic E-state index is 0.117. The molecule has 3 heterocycles. The highest BCUT2D eigenvalue weighted by Crippen LogP contribution is 2.35. The molecule has 1 saturated heterocycles. The van der Waals surface area contributed by atoms with Crippen LogP contribution < -0.4 is 16.4 Å². The minimum Gasteiger partial charge on any atom is -0.379 e. The van der Waals surface area contributed by atoms with E-state index in [0.29, 0.717) is 36.4 Å². The van der Waals surface area contributed by atoms with E-state index in [1.165, 1.54) is 26.1 Å². The molecule has 0 amide bonds. The first kappa shape index (κ1) is 23.0. The number of pyridine rings is 1. The van der Waals surface area contributed by atoms with Crippen molar-refractivity contribution in [1.82, 2.24) is 14.3 Å². The molecule has 2 atom stereocenters. The third-order valence-corrected chi connectivity index (χ3v) is 6.36. The van der Waals surface area contributed by atoms with Crippen LogP contribution in [0.4, 0.5) is 19.0 Å². The van der Waals surface area contributed by atoms with Gasteiger partial charge in [-0.1, -0.05) is 12.1 Å². The maximum atomic E-state index is 13.4. The Morgan fingerprint density at radius 2 is 1.97 bits per heavy atom. The summed E-state index contributed by atoms with van der Waals surface area (Å²) in [6, 6.07) is 4.78.